The number of rotatable bonds is 4. The normalized spacial score (nSPS) is 16.6. The highest BCUT2D eigenvalue weighted by molar-refractivity contribution is 7.21. The van der Waals surface area contributed by atoms with E-state index in [1.165, 1.54) is 35.9 Å². The summed E-state index contributed by atoms with van der Waals surface area (Å²) in [7, 11) is 0. The van der Waals surface area contributed by atoms with E-state index >= 15 is 0 Å². The zero-order chi connectivity index (χ0) is 19.5. The van der Waals surface area contributed by atoms with E-state index in [1.807, 2.05) is 31.2 Å². The van der Waals surface area contributed by atoms with Crippen molar-refractivity contribution in [3.05, 3.63) is 48.0 Å². The SMILES string of the molecule is Cc1ccc2nc(-c3ccc(NC(=O)[C@@H](C)N4CCCCCC4)cc3)sc2c1. The molecule has 2 heterocycles. The predicted octanol–water partition coefficient (Wildman–Crippen LogP) is 5.47. The maximum absolute atomic E-state index is 12.7. The number of nitrogens with one attached hydrogen (secondary N) is 1. The molecule has 146 valence electrons. The zero-order valence-corrected chi connectivity index (χ0v) is 17.4. The van der Waals surface area contributed by atoms with E-state index in [0.717, 1.165) is 34.9 Å². The van der Waals surface area contributed by atoms with Gasteiger partial charge in [0, 0.05) is 11.3 Å². The number of carbonyl (C=O) groups is 1. The number of aryl methyl sites for hydroxylation is 1. The van der Waals surface area contributed by atoms with Crippen LogP contribution in [0.25, 0.3) is 20.8 Å². The number of anilines is 1. The largest absolute Gasteiger partial charge is 0.325 e. The average molecular weight is 394 g/mol. The number of thiazole rings is 1. The van der Waals surface area contributed by atoms with Gasteiger partial charge in [0.15, 0.2) is 0 Å². The number of hydrogen-bond donors (Lipinski definition) is 1. The van der Waals surface area contributed by atoms with E-state index in [4.69, 9.17) is 4.98 Å². The minimum absolute atomic E-state index is 0.0742. The zero-order valence-electron chi connectivity index (χ0n) is 16.6. The molecule has 1 atom stereocenters. The highest BCUT2D eigenvalue weighted by Gasteiger charge is 2.22. The molecular weight excluding hydrogens is 366 g/mol. The molecule has 1 fully saturated rings. The first-order chi connectivity index (χ1) is 13.6. The summed E-state index contributed by atoms with van der Waals surface area (Å²) in [6, 6.07) is 14.3. The standard InChI is InChI=1S/C23H27N3OS/c1-16-7-12-20-21(15-16)28-23(25-20)18-8-10-19(11-9-18)24-22(27)17(2)26-13-5-3-4-6-14-26/h7-12,15,17H,3-6,13-14H2,1-2H3,(H,24,27)/t17-/m1/s1. The molecule has 4 rings (SSSR count). The van der Waals surface area contributed by atoms with Gasteiger partial charge in [-0.15, -0.1) is 11.3 Å². The van der Waals surface area contributed by atoms with Crippen LogP contribution in [0.15, 0.2) is 42.5 Å². The van der Waals surface area contributed by atoms with Crippen LogP contribution in [0, 0.1) is 6.92 Å². The van der Waals surface area contributed by atoms with Gasteiger partial charge in [-0.2, -0.15) is 0 Å². The number of fused-ring (bicyclic) bond motifs is 1. The number of nitrogens with zero attached hydrogens (tertiary/aromatic N) is 2. The Bertz CT molecular complexity index is 956. The molecule has 1 amide bonds. The first-order valence-corrected chi connectivity index (χ1v) is 10.9. The maximum atomic E-state index is 12.7. The Kier molecular flexibility index (Phi) is 5.74. The minimum Gasteiger partial charge on any atom is -0.325 e. The molecular formula is C23H27N3OS. The number of likely N-dealkylation sites (tertiary alicyclic amines) is 1. The van der Waals surface area contributed by atoms with Crippen molar-refractivity contribution in [2.75, 3.05) is 18.4 Å². The second-order valence-corrected chi connectivity index (χ2v) is 8.71. The quantitative estimate of drug-likeness (QED) is 0.639. The maximum Gasteiger partial charge on any atom is 0.241 e. The summed E-state index contributed by atoms with van der Waals surface area (Å²) in [5.74, 6) is 0.0742. The Balaban J connectivity index is 1.44. The van der Waals surface area contributed by atoms with E-state index < -0.39 is 0 Å². The fourth-order valence-electron chi connectivity index (χ4n) is 3.75. The fourth-order valence-corrected chi connectivity index (χ4v) is 4.82. The molecule has 0 aliphatic carbocycles. The van der Waals surface area contributed by atoms with E-state index in [1.54, 1.807) is 11.3 Å². The summed E-state index contributed by atoms with van der Waals surface area (Å²) in [4.78, 5) is 19.7. The summed E-state index contributed by atoms with van der Waals surface area (Å²) >= 11 is 1.70. The summed E-state index contributed by atoms with van der Waals surface area (Å²) in [5.41, 5.74) is 4.21. The molecule has 2 aromatic carbocycles. The van der Waals surface area contributed by atoms with Crippen molar-refractivity contribution in [1.29, 1.82) is 0 Å². The summed E-state index contributed by atoms with van der Waals surface area (Å²) in [5, 5.41) is 4.09. The van der Waals surface area contributed by atoms with E-state index in [-0.39, 0.29) is 11.9 Å². The van der Waals surface area contributed by atoms with Crippen LogP contribution in [0.3, 0.4) is 0 Å². The van der Waals surface area contributed by atoms with Crippen molar-refractivity contribution in [1.82, 2.24) is 9.88 Å². The lowest BCUT2D eigenvalue weighted by Gasteiger charge is -2.26. The van der Waals surface area contributed by atoms with Gasteiger partial charge in [0.1, 0.15) is 5.01 Å². The highest BCUT2D eigenvalue weighted by atomic mass is 32.1. The van der Waals surface area contributed by atoms with Crippen molar-refractivity contribution in [3.8, 4) is 10.6 Å². The first-order valence-electron chi connectivity index (χ1n) is 10.1. The van der Waals surface area contributed by atoms with Crippen LogP contribution in [0.1, 0.15) is 38.2 Å². The van der Waals surface area contributed by atoms with Gasteiger partial charge < -0.3 is 5.32 Å². The van der Waals surface area contributed by atoms with Crippen LogP contribution in [0.2, 0.25) is 0 Å². The van der Waals surface area contributed by atoms with Crippen LogP contribution in [0.5, 0.6) is 0 Å². The van der Waals surface area contributed by atoms with Crippen LogP contribution in [-0.2, 0) is 4.79 Å². The molecule has 0 spiro atoms. The van der Waals surface area contributed by atoms with Crippen molar-refractivity contribution < 1.29 is 4.79 Å². The smallest absolute Gasteiger partial charge is 0.241 e. The molecule has 0 radical (unpaired) electrons. The topological polar surface area (TPSA) is 45.2 Å². The Morgan fingerprint density at radius 3 is 2.50 bits per heavy atom. The van der Waals surface area contributed by atoms with Gasteiger partial charge in [0.25, 0.3) is 0 Å². The van der Waals surface area contributed by atoms with Crippen molar-refractivity contribution in [2.45, 2.75) is 45.6 Å². The molecule has 0 saturated carbocycles. The van der Waals surface area contributed by atoms with Crippen LogP contribution < -0.4 is 5.32 Å². The number of amides is 1. The van der Waals surface area contributed by atoms with Crippen LogP contribution >= 0.6 is 11.3 Å². The van der Waals surface area contributed by atoms with E-state index in [0.29, 0.717) is 0 Å². The monoisotopic (exact) mass is 393 g/mol. The molecule has 3 aromatic rings. The molecule has 0 unspecified atom stereocenters. The number of aromatic nitrogens is 1. The Hall–Kier alpha value is -2.24. The lowest BCUT2D eigenvalue weighted by molar-refractivity contribution is -0.120. The second-order valence-electron chi connectivity index (χ2n) is 7.68. The molecule has 1 aliphatic rings. The Morgan fingerprint density at radius 1 is 1.07 bits per heavy atom. The number of hydrogen-bond acceptors (Lipinski definition) is 4. The van der Waals surface area contributed by atoms with Gasteiger partial charge in [-0.05, 0) is 81.7 Å². The predicted molar refractivity (Wildman–Crippen MR) is 118 cm³/mol. The first kappa shape index (κ1) is 19.1. The third kappa shape index (κ3) is 4.26. The summed E-state index contributed by atoms with van der Waals surface area (Å²) < 4.78 is 1.21. The lowest BCUT2D eigenvalue weighted by Crippen LogP contribution is -2.42. The van der Waals surface area contributed by atoms with Crippen LogP contribution in [0.4, 0.5) is 5.69 Å². The molecule has 5 heteroatoms. The van der Waals surface area contributed by atoms with Gasteiger partial charge in [0.05, 0.1) is 16.3 Å². The Labute approximate surface area is 170 Å². The molecule has 1 N–H and O–H groups in total. The van der Waals surface area contributed by atoms with Crippen molar-refractivity contribution in [2.24, 2.45) is 0 Å². The van der Waals surface area contributed by atoms with Crippen molar-refractivity contribution in [3.63, 3.8) is 0 Å². The van der Waals surface area contributed by atoms with Gasteiger partial charge in [-0.3, -0.25) is 9.69 Å². The average Bonchev–Trinajstić information content (AvgIpc) is 2.93. The molecule has 0 bridgehead atoms. The number of carbonyl (C=O) groups excluding carboxylic acids is 1. The molecule has 4 nitrogen and oxygen atoms in total. The van der Waals surface area contributed by atoms with Gasteiger partial charge in [-0.25, -0.2) is 4.98 Å². The van der Waals surface area contributed by atoms with Gasteiger partial charge in [0.2, 0.25) is 5.91 Å². The Morgan fingerprint density at radius 2 is 1.79 bits per heavy atom. The van der Waals surface area contributed by atoms with Gasteiger partial charge in [-0.1, -0.05) is 18.9 Å². The summed E-state index contributed by atoms with van der Waals surface area (Å²) in [6.45, 7) is 6.15. The number of benzene rings is 2. The molecule has 28 heavy (non-hydrogen) atoms. The third-order valence-electron chi connectivity index (χ3n) is 5.51. The van der Waals surface area contributed by atoms with Gasteiger partial charge >= 0.3 is 0 Å². The molecule has 1 aromatic heterocycles. The van der Waals surface area contributed by atoms with E-state index in [2.05, 4.69) is 35.3 Å². The third-order valence-corrected chi connectivity index (χ3v) is 6.58. The second kappa shape index (κ2) is 8.41. The molecule has 1 aliphatic heterocycles. The van der Waals surface area contributed by atoms with E-state index in [9.17, 15) is 4.79 Å². The summed E-state index contributed by atoms with van der Waals surface area (Å²) in [6.07, 6.45) is 4.93. The highest BCUT2D eigenvalue weighted by Crippen LogP contribution is 2.31. The molecule has 1 saturated heterocycles. The fraction of sp³-hybridized carbons (Fsp3) is 0.391. The minimum atomic E-state index is -0.0923. The van der Waals surface area contributed by atoms with Crippen LogP contribution in [-0.4, -0.2) is 34.9 Å². The van der Waals surface area contributed by atoms with Crippen molar-refractivity contribution >= 4 is 33.1 Å². The lowest BCUT2D eigenvalue weighted by atomic mass is 10.2.